The van der Waals surface area contributed by atoms with Crippen molar-refractivity contribution < 1.29 is 8.78 Å². The van der Waals surface area contributed by atoms with Gasteiger partial charge in [-0.25, -0.2) is 13.8 Å². The van der Waals surface area contributed by atoms with E-state index in [-0.39, 0.29) is 17.1 Å². The number of nitrogens with zero attached hydrogens (tertiary/aromatic N) is 1. The van der Waals surface area contributed by atoms with Crippen molar-refractivity contribution in [1.82, 2.24) is 4.98 Å². The number of aromatic nitrogens is 1. The first-order chi connectivity index (χ1) is 11.0. The molecule has 23 heavy (non-hydrogen) atoms. The number of thiophene rings is 1. The molecule has 0 radical (unpaired) electrons. The number of pyridine rings is 1. The quantitative estimate of drug-likeness (QED) is 0.700. The zero-order valence-electron chi connectivity index (χ0n) is 12.2. The van der Waals surface area contributed by atoms with Crippen LogP contribution in [-0.4, -0.2) is 10.7 Å². The maximum atomic E-state index is 14.0. The normalized spacial score (nSPS) is 10.7. The van der Waals surface area contributed by atoms with Crippen molar-refractivity contribution in [3.05, 3.63) is 70.2 Å². The summed E-state index contributed by atoms with van der Waals surface area (Å²) in [7, 11) is 0. The van der Waals surface area contributed by atoms with Crippen LogP contribution in [0.4, 0.5) is 14.6 Å². The van der Waals surface area contributed by atoms with E-state index in [2.05, 4.69) is 4.98 Å². The molecule has 0 unspecified atom stereocenters. The van der Waals surface area contributed by atoms with Crippen molar-refractivity contribution in [3.8, 4) is 10.4 Å². The van der Waals surface area contributed by atoms with E-state index in [0.29, 0.717) is 11.1 Å². The van der Waals surface area contributed by atoms with Gasteiger partial charge in [0.15, 0.2) is 0 Å². The number of hydrogen-bond donors (Lipinski definition) is 2. The van der Waals surface area contributed by atoms with E-state index < -0.39 is 11.6 Å². The van der Waals surface area contributed by atoms with E-state index >= 15 is 0 Å². The molecule has 0 aliphatic heterocycles. The molecule has 0 fully saturated rings. The average molecular weight is 329 g/mol. The maximum Gasteiger partial charge on any atom is 0.135 e. The van der Waals surface area contributed by atoms with Gasteiger partial charge in [0.25, 0.3) is 0 Å². The Bertz CT molecular complexity index is 903. The molecule has 0 amide bonds. The van der Waals surface area contributed by atoms with Gasteiger partial charge in [0, 0.05) is 33.1 Å². The number of aryl methyl sites for hydroxylation is 1. The summed E-state index contributed by atoms with van der Waals surface area (Å²) >= 11 is 1.55. The first-order valence-corrected chi connectivity index (χ1v) is 7.64. The average Bonchev–Trinajstić information content (AvgIpc) is 2.93. The first kappa shape index (κ1) is 15.3. The summed E-state index contributed by atoms with van der Waals surface area (Å²) in [6, 6.07) is 8.74. The van der Waals surface area contributed by atoms with Gasteiger partial charge in [-0.1, -0.05) is 0 Å². The first-order valence-electron chi connectivity index (χ1n) is 6.83. The Hall–Kier alpha value is -2.60. The van der Waals surface area contributed by atoms with E-state index in [9.17, 15) is 8.78 Å². The molecule has 0 aliphatic carbocycles. The van der Waals surface area contributed by atoms with Crippen molar-refractivity contribution >= 4 is 22.9 Å². The lowest BCUT2D eigenvalue weighted by molar-refractivity contribution is 0.582. The van der Waals surface area contributed by atoms with Crippen LogP contribution in [0.3, 0.4) is 0 Å². The van der Waals surface area contributed by atoms with Gasteiger partial charge < -0.3 is 5.73 Å². The van der Waals surface area contributed by atoms with Crippen LogP contribution >= 0.6 is 11.3 Å². The van der Waals surface area contributed by atoms with Crippen LogP contribution in [0.25, 0.3) is 10.4 Å². The Kier molecular flexibility index (Phi) is 3.92. The fourth-order valence-corrected chi connectivity index (χ4v) is 3.25. The number of hydrogen-bond acceptors (Lipinski definition) is 4. The van der Waals surface area contributed by atoms with Gasteiger partial charge in [-0.05, 0) is 37.3 Å². The predicted octanol–water partition coefficient (Wildman–Crippen LogP) is 4.40. The van der Waals surface area contributed by atoms with Crippen LogP contribution < -0.4 is 5.73 Å². The van der Waals surface area contributed by atoms with Crippen LogP contribution in [0.5, 0.6) is 0 Å². The fourth-order valence-electron chi connectivity index (χ4n) is 2.35. The summed E-state index contributed by atoms with van der Waals surface area (Å²) in [6.45, 7) is 1.98. The minimum atomic E-state index is -0.799. The monoisotopic (exact) mass is 329 g/mol. The number of nitrogen functional groups attached to an aromatic ring is 1. The summed E-state index contributed by atoms with van der Waals surface area (Å²) in [5.41, 5.74) is 6.87. The highest BCUT2D eigenvalue weighted by molar-refractivity contribution is 7.15. The molecule has 3 rings (SSSR count). The predicted molar refractivity (Wildman–Crippen MR) is 89.0 cm³/mol. The van der Waals surface area contributed by atoms with Crippen LogP contribution in [0, 0.1) is 24.0 Å². The highest BCUT2D eigenvalue weighted by Crippen LogP contribution is 2.33. The molecule has 0 saturated carbocycles. The summed E-state index contributed by atoms with van der Waals surface area (Å²) in [4.78, 5) is 6.04. The smallest absolute Gasteiger partial charge is 0.135 e. The minimum absolute atomic E-state index is 0.0133. The number of anilines is 1. The number of halogens is 2. The third kappa shape index (κ3) is 2.85. The molecule has 3 nitrogen and oxygen atoms in total. The lowest BCUT2D eigenvalue weighted by Crippen LogP contribution is -2.10. The van der Waals surface area contributed by atoms with E-state index in [1.165, 1.54) is 6.07 Å². The standard InChI is InChI=1S/C17H13F2N3S/c1-9-2-5-14(23-9)12-6-7-22-17(21)15(12)16(20)11-4-3-10(18)8-13(11)19/h2-8,20H,1H3,(H2,21,22). The summed E-state index contributed by atoms with van der Waals surface area (Å²) < 4.78 is 27.1. The zero-order chi connectivity index (χ0) is 16.6. The highest BCUT2D eigenvalue weighted by atomic mass is 32.1. The number of benzene rings is 1. The van der Waals surface area contributed by atoms with Gasteiger partial charge in [0.2, 0.25) is 0 Å². The second kappa shape index (κ2) is 5.89. The minimum Gasteiger partial charge on any atom is -0.383 e. The largest absolute Gasteiger partial charge is 0.383 e. The molecule has 116 valence electrons. The molecule has 0 bridgehead atoms. The molecule has 1 aromatic carbocycles. The van der Waals surface area contributed by atoms with Crippen LogP contribution in [0.15, 0.2) is 42.6 Å². The van der Waals surface area contributed by atoms with Gasteiger partial charge in [-0.2, -0.15) is 0 Å². The van der Waals surface area contributed by atoms with Gasteiger partial charge in [0.05, 0.1) is 11.3 Å². The number of rotatable bonds is 3. The maximum absolute atomic E-state index is 14.0. The molecule has 0 spiro atoms. The molecule has 3 N–H and O–H groups in total. The highest BCUT2D eigenvalue weighted by Gasteiger charge is 2.19. The van der Waals surface area contributed by atoms with Crippen molar-refractivity contribution in [3.63, 3.8) is 0 Å². The third-order valence-corrected chi connectivity index (χ3v) is 4.47. The Morgan fingerprint density at radius 2 is 1.96 bits per heavy atom. The molecule has 2 aromatic heterocycles. The SMILES string of the molecule is Cc1ccc(-c2ccnc(N)c2C(=N)c2ccc(F)cc2F)s1. The second-order valence-corrected chi connectivity index (χ2v) is 6.32. The van der Waals surface area contributed by atoms with Crippen LogP contribution in [0.2, 0.25) is 0 Å². The number of nitrogens with two attached hydrogens (primary N) is 1. The zero-order valence-corrected chi connectivity index (χ0v) is 13.0. The Labute approximate surface area is 135 Å². The molecular formula is C17H13F2N3S. The van der Waals surface area contributed by atoms with Crippen molar-refractivity contribution in [2.24, 2.45) is 0 Å². The Morgan fingerprint density at radius 3 is 2.61 bits per heavy atom. The molecule has 0 saturated heterocycles. The Balaban J connectivity index is 2.17. The van der Waals surface area contributed by atoms with E-state index in [1.54, 1.807) is 23.6 Å². The summed E-state index contributed by atoms with van der Waals surface area (Å²) in [5.74, 6) is -1.35. The molecule has 2 heterocycles. The Morgan fingerprint density at radius 1 is 1.17 bits per heavy atom. The van der Waals surface area contributed by atoms with Gasteiger partial charge >= 0.3 is 0 Å². The molecular weight excluding hydrogens is 316 g/mol. The summed E-state index contributed by atoms with van der Waals surface area (Å²) in [5, 5.41) is 8.34. The fraction of sp³-hybridized carbons (Fsp3) is 0.0588. The van der Waals surface area contributed by atoms with Crippen molar-refractivity contribution in [2.75, 3.05) is 5.73 Å². The van der Waals surface area contributed by atoms with Gasteiger partial charge in [0.1, 0.15) is 17.5 Å². The third-order valence-electron chi connectivity index (χ3n) is 3.44. The van der Waals surface area contributed by atoms with Gasteiger partial charge in [-0.15, -0.1) is 11.3 Å². The van der Waals surface area contributed by atoms with Crippen LogP contribution in [-0.2, 0) is 0 Å². The topological polar surface area (TPSA) is 62.8 Å². The molecule has 6 heteroatoms. The van der Waals surface area contributed by atoms with E-state index in [4.69, 9.17) is 11.1 Å². The number of nitrogens with one attached hydrogen (secondary N) is 1. The van der Waals surface area contributed by atoms with Crippen molar-refractivity contribution in [2.45, 2.75) is 6.92 Å². The van der Waals surface area contributed by atoms with Crippen molar-refractivity contribution in [1.29, 1.82) is 5.41 Å². The van der Waals surface area contributed by atoms with Crippen LogP contribution in [0.1, 0.15) is 16.0 Å². The van der Waals surface area contributed by atoms with E-state index in [0.717, 1.165) is 21.9 Å². The second-order valence-electron chi connectivity index (χ2n) is 5.03. The van der Waals surface area contributed by atoms with Gasteiger partial charge in [-0.3, -0.25) is 5.41 Å². The van der Waals surface area contributed by atoms with E-state index in [1.807, 2.05) is 19.1 Å². The molecule has 0 atom stereocenters. The summed E-state index contributed by atoms with van der Waals surface area (Å²) in [6.07, 6.45) is 1.55. The lowest BCUT2D eigenvalue weighted by Gasteiger charge is -2.12. The molecule has 0 aliphatic rings. The molecule has 3 aromatic rings. The lowest BCUT2D eigenvalue weighted by atomic mass is 9.97.